The maximum atomic E-state index is 11.3. The second-order valence-electron chi connectivity index (χ2n) is 7.21. The minimum absolute atomic E-state index is 0.0978. The summed E-state index contributed by atoms with van der Waals surface area (Å²) in [5.41, 5.74) is 1.30. The molecule has 0 aromatic heterocycles. The van der Waals surface area contributed by atoms with Crippen molar-refractivity contribution >= 4 is 11.9 Å². The fourth-order valence-electron chi connectivity index (χ4n) is 4.20. The van der Waals surface area contributed by atoms with Crippen molar-refractivity contribution in [2.45, 2.75) is 31.8 Å². The SMILES string of the molecule is CN1CC2(CCN(Cc3ccccc3C(=O)O)CC2)CC1C(=O)O. The zero-order valence-electron chi connectivity index (χ0n) is 13.9. The van der Waals surface area contributed by atoms with Crippen molar-refractivity contribution in [3.8, 4) is 0 Å². The molecule has 130 valence electrons. The number of likely N-dealkylation sites (tertiary alicyclic amines) is 2. The molecule has 24 heavy (non-hydrogen) atoms. The zero-order valence-corrected chi connectivity index (χ0v) is 13.9. The van der Waals surface area contributed by atoms with Crippen molar-refractivity contribution in [3.63, 3.8) is 0 Å². The highest BCUT2D eigenvalue weighted by Crippen LogP contribution is 2.43. The van der Waals surface area contributed by atoms with Gasteiger partial charge in [0.05, 0.1) is 5.56 Å². The Labute approximate surface area is 141 Å². The molecule has 0 bridgehead atoms. The molecule has 2 aliphatic heterocycles. The third-order valence-corrected chi connectivity index (χ3v) is 5.59. The maximum Gasteiger partial charge on any atom is 0.336 e. The molecule has 0 aliphatic carbocycles. The number of aromatic carboxylic acids is 1. The molecule has 0 radical (unpaired) electrons. The predicted octanol–water partition coefficient (Wildman–Crippen LogP) is 1.76. The van der Waals surface area contributed by atoms with E-state index in [1.165, 1.54) is 0 Å². The molecule has 2 fully saturated rings. The van der Waals surface area contributed by atoms with Crippen molar-refractivity contribution in [1.82, 2.24) is 9.80 Å². The number of piperidine rings is 1. The van der Waals surface area contributed by atoms with Crippen LogP contribution >= 0.6 is 0 Å². The van der Waals surface area contributed by atoms with E-state index in [0.29, 0.717) is 12.1 Å². The molecule has 1 atom stereocenters. The number of likely N-dealkylation sites (N-methyl/N-ethyl adjacent to an activating group) is 1. The number of benzene rings is 1. The molecule has 1 spiro atoms. The molecular weight excluding hydrogens is 308 g/mol. The molecule has 1 aromatic carbocycles. The van der Waals surface area contributed by atoms with Gasteiger partial charge in [-0.1, -0.05) is 18.2 Å². The van der Waals surface area contributed by atoms with Crippen LogP contribution in [0.4, 0.5) is 0 Å². The van der Waals surface area contributed by atoms with Crippen LogP contribution in [0.5, 0.6) is 0 Å². The first kappa shape index (κ1) is 16.9. The van der Waals surface area contributed by atoms with Gasteiger partial charge in [0.1, 0.15) is 6.04 Å². The lowest BCUT2D eigenvalue weighted by molar-refractivity contribution is -0.141. The molecule has 2 aliphatic rings. The van der Waals surface area contributed by atoms with Gasteiger partial charge in [0.2, 0.25) is 0 Å². The lowest BCUT2D eigenvalue weighted by atomic mass is 9.76. The number of rotatable bonds is 4. The minimum atomic E-state index is -0.888. The van der Waals surface area contributed by atoms with Crippen LogP contribution in [-0.4, -0.2) is 64.7 Å². The summed E-state index contributed by atoms with van der Waals surface area (Å²) in [6, 6.07) is 6.77. The van der Waals surface area contributed by atoms with E-state index in [1.807, 2.05) is 24.1 Å². The van der Waals surface area contributed by atoms with Crippen LogP contribution < -0.4 is 0 Å². The summed E-state index contributed by atoms with van der Waals surface area (Å²) in [4.78, 5) is 26.9. The van der Waals surface area contributed by atoms with Gasteiger partial charge in [0.25, 0.3) is 0 Å². The Hall–Kier alpha value is -1.92. The van der Waals surface area contributed by atoms with E-state index in [0.717, 1.165) is 44.5 Å². The van der Waals surface area contributed by atoms with Crippen molar-refractivity contribution in [2.75, 3.05) is 26.7 Å². The Morgan fingerprint density at radius 2 is 1.88 bits per heavy atom. The quantitative estimate of drug-likeness (QED) is 0.874. The smallest absolute Gasteiger partial charge is 0.336 e. The third kappa shape index (κ3) is 3.30. The topological polar surface area (TPSA) is 81.1 Å². The van der Waals surface area contributed by atoms with Crippen molar-refractivity contribution in [3.05, 3.63) is 35.4 Å². The second-order valence-corrected chi connectivity index (χ2v) is 7.21. The van der Waals surface area contributed by atoms with Gasteiger partial charge in [-0.3, -0.25) is 14.6 Å². The molecule has 2 N–H and O–H groups in total. The van der Waals surface area contributed by atoms with Gasteiger partial charge in [0.15, 0.2) is 0 Å². The van der Waals surface area contributed by atoms with E-state index in [9.17, 15) is 19.8 Å². The van der Waals surface area contributed by atoms with E-state index >= 15 is 0 Å². The predicted molar refractivity (Wildman–Crippen MR) is 89.0 cm³/mol. The Morgan fingerprint density at radius 3 is 2.46 bits per heavy atom. The van der Waals surface area contributed by atoms with Crippen LogP contribution in [0.25, 0.3) is 0 Å². The molecule has 1 unspecified atom stereocenters. The first-order valence-corrected chi connectivity index (χ1v) is 8.37. The molecule has 2 saturated heterocycles. The highest BCUT2D eigenvalue weighted by Gasteiger charge is 2.46. The van der Waals surface area contributed by atoms with Crippen LogP contribution in [-0.2, 0) is 11.3 Å². The third-order valence-electron chi connectivity index (χ3n) is 5.59. The van der Waals surface area contributed by atoms with E-state index in [1.54, 1.807) is 12.1 Å². The monoisotopic (exact) mass is 332 g/mol. The van der Waals surface area contributed by atoms with Crippen molar-refractivity contribution < 1.29 is 19.8 Å². The summed E-state index contributed by atoms with van der Waals surface area (Å²) in [6.45, 7) is 3.24. The van der Waals surface area contributed by atoms with E-state index in [4.69, 9.17) is 0 Å². The van der Waals surface area contributed by atoms with Crippen LogP contribution in [0.1, 0.15) is 35.2 Å². The lowest BCUT2D eigenvalue weighted by Crippen LogP contribution is -2.41. The van der Waals surface area contributed by atoms with Gasteiger partial charge in [-0.15, -0.1) is 0 Å². The van der Waals surface area contributed by atoms with Gasteiger partial charge in [-0.05, 0) is 56.4 Å². The summed E-state index contributed by atoms with van der Waals surface area (Å²) in [5.74, 6) is -1.62. The summed E-state index contributed by atoms with van der Waals surface area (Å²) in [6.07, 6.45) is 2.66. The Bertz CT molecular complexity index is 638. The fraction of sp³-hybridized carbons (Fsp3) is 0.556. The Balaban J connectivity index is 1.62. The average Bonchev–Trinajstić information content (AvgIpc) is 2.87. The van der Waals surface area contributed by atoms with Crippen molar-refractivity contribution in [1.29, 1.82) is 0 Å². The van der Waals surface area contributed by atoms with E-state index in [2.05, 4.69) is 4.90 Å². The number of carboxylic acids is 2. The summed E-state index contributed by atoms with van der Waals surface area (Å²) >= 11 is 0. The van der Waals surface area contributed by atoms with E-state index < -0.39 is 11.9 Å². The molecule has 1 aromatic rings. The van der Waals surface area contributed by atoms with E-state index in [-0.39, 0.29) is 11.5 Å². The first-order valence-electron chi connectivity index (χ1n) is 8.37. The number of hydrogen-bond donors (Lipinski definition) is 2. The maximum absolute atomic E-state index is 11.3. The van der Waals surface area contributed by atoms with Crippen LogP contribution in [0.15, 0.2) is 24.3 Å². The van der Waals surface area contributed by atoms with Gasteiger partial charge >= 0.3 is 11.9 Å². The minimum Gasteiger partial charge on any atom is -0.480 e. The second kappa shape index (κ2) is 6.53. The van der Waals surface area contributed by atoms with Gasteiger partial charge in [-0.2, -0.15) is 0 Å². The fourth-order valence-corrected chi connectivity index (χ4v) is 4.20. The normalized spacial score (nSPS) is 24.3. The average molecular weight is 332 g/mol. The summed E-state index contributed by atoms with van der Waals surface area (Å²) in [5, 5.41) is 18.6. The molecule has 3 rings (SSSR count). The number of aliphatic carboxylic acids is 1. The van der Waals surface area contributed by atoms with Gasteiger partial charge in [-0.25, -0.2) is 4.79 Å². The van der Waals surface area contributed by atoms with Gasteiger partial charge < -0.3 is 10.2 Å². The number of carbonyl (C=O) groups is 2. The molecule has 2 heterocycles. The molecule has 0 amide bonds. The number of nitrogens with zero attached hydrogens (tertiary/aromatic N) is 2. The van der Waals surface area contributed by atoms with Crippen LogP contribution in [0.3, 0.4) is 0 Å². The Kier molecular flexibility index (Phi) is 4.60. The van der Waals surface area contributed by atoms with Crippen LogP contribution in [0, 0.1) is 5.41 Å². The Morgan fingerprint density at radius 1 is 1.21 bits per heavy atom. The number of carboxylic acid groups (broad SMARTS) is 2. The number of hydrogen-bond acceptors (Lipinski definition) is 4. The standard InChI is InChI=1S/C18H24N2O4/c1-19-12-18(10-15(19)17(23)24)6-8-20(9-7-18)11-13-4-2-3-5-14(13)16(21)22/h2-5,15H,6-12H2,1H3,(H,21,22)(H,23,24). The first-order chi connectivity index (χ1) is 11.4. The largest absolute Gasteiger partial charge is 0.480 e. The summed E-state index contributed by atoms with van der Waals surface area (Å²) in [7, 11) is 1.89. The highest BCUT2D eigenvalue weighted by molar-refractivity contribution is 5.89. The zero-order chi connectivity index (χ0) is 17.3. The molecule has 6 nitrogen and oxygen atoms in total. The van der Waals surface area contributed by atoms with Crippen LogP contribution in [0.2, 0.25) is 0 Å². The highest BCUT2D eigenvalue weighted by atomic mass is 16.4. The molecular formula is C18H24N2O4. The van der Waals surface area contributed by atoms with Crippen molar-refractivity contribution in [2.24, 2.45) is 5.41 Å². The van der Waals surface area contributed by atoms with Gasteiger partial charge in [0, 0.05) is 13.1 Å². The summed E-state index contributed by atoms with van der Waals surface area (Å²) < 4.78 is 0. The molecule has 6 heteroatoms. The molecule has 0 saturated carbocycles. The lowest BCUT2D eigenvalue weighted by Gasteiger charge is -2.39.